The third-order valence-electron chi connectivity index (χ3n) is 5.09. The van der Waals surface area contributed by atoms with Crippen molar-refractivity contribution in [3.8, 4) is 11.3 Å². The van der Waals surface area contributed by atoms with Crippen molar-refractivity contribution in [1.82, 2.24) is 10.3 Å². The third-order valence-corrected chi connectivity index (χ3v) is 6.74. The topological polar surface area (TPSA) is 88.0 Å². The summed E-state index contributed by atoms with van der Waals surface area (Å²) in [5.41, 5.74) is 3.96. The van der Waals surface area contributed by atoms with Gasteiger partial charge >= 0.3 is 0 Å². The quantitative estimate of drug-likeness (QED) is 0.132. The van der Waals surface area contributed by atoms with Gasteiger partial charge in [0, 0.05) is 49.8 Å². The van der Waals surface area contributed by atoms with Gasteiger partial charge in [-0.1, -0.05) is 52.3 Å². The Hall–Kier alpha value is -3.10. The van der Waals surface area contributed by atoms with Crippen LogP contribution in [0.1, 0.15) is 15.9 Å². The third kappa shape index (κ3) is 4.71. The molecule has 0 bridgehead atoms. The number of aryl methyl sites for hydroxylation is 1. The fourth-order valence-corrected chi connectivity index (χ4v) is 4.77. The molecule has 0 saturated heterocycles. The molecule has 32 heavy (non-hydrogen) atoms. The van der Waals surface area contributed by atoms with Crippen LogP contribution in [0, 0.1) is 17.0 Å². The Morgan fingerprint density at radius 3 is 2.62 bits per heavy atom. The van der Waals surface area contributed by atoms with Crippen LogP contribution in [0.3, 0.4) is 0 Å². The number of carbonyl (C=O) groups excluding carboxylic acids is 1. The number of fused-ring (bicyclic) bond motifs is 1. The number of amides is 1. The predicted octanol–water partition coefficient (Wildman–Crippen LogP) is 6.34. The second-order valence-electron chi connectivity index (χ2n) is 7.24. The predicted molar refractivity (Wildman–Crippen MR) is 132 cm³/mol. The zero-order valence-electron chi connectivity index (χ0n) is 17.2. The van der Waals surface area contributed by atoms with E-state index in [0.29, 0.717) is 17.9 Å². The van der Waals surface area contributed by atoms with E-state index in [0.717, 1.165) is 31.5 Å². The molecule has 4 rings (SSSR count). The van der Waals surface area contributed by atoms with Crippen LogP contribution in [0.5, 0.6) is 0 Å². The maximum absolute atomic E-state index is 12.5. The number of nitrogens with zero attached hydrogens (tertiary/aromatic N) is 1. The molecule has 0 aliphatic carbocycles. The Morgan fingerprint density at radius 2 is 1.88 bits per heavy atom. The summed E-state index contributed by atoms with van der Waals surface area (Å²) < 4.78 is 1.02. The van der Waals surface area contributed by atoms with Gasteiger partial charge in [-0.25, -0.2) is 0 Å². The molecule has 0 spiro atoms. The number of thioether (sulfide) groups is 1. The van der Waals surface area contributed by atoms with E-state index in [4.69, 9.17) is 0 Å². The van der Waals surface area contributed by atoms with Gasteiger partial charge in [-0.15, -0.1) is 11.8 Å². The monoisotopic (exact) mass is 509 g/mol. The minimum atomic E-state index is -0.470. The van der Waals surface area contributed by atoms with Crippen molar-refractivity contribution in [3.05, 3.63) is 92.4 Å². The van der Waals surface area contributed by atoms with Crippen molar-refractivity contribution in [2.75, 3.05) is 12.3 Å². The second-order valence-corrected chi connectivity index (χ2v) is 9.27. The number of H-pyrrole nitrogens is 1. The first-order valence-corrected chi connectivity index (χ1v) is 11.7. The second kappa shape index (κ2) is 9.58. The lowest BCUT2D eigenvalue weighted by Crippen LogP contribution is -2.25. The number of para-hydroxylation sites is 1. The lowest BCUT2D eigenvalue weighted by atomic mass is 10.1. The van der Waals surface area contributed by atoms with Crippen LogP contribution < -0.4 is 5.32 Å². The van der Waals surface area contributed by atoms with Crippen molar-refractivity contribution in [3.63, 3.8) is 0 Å². The highest BCUT2D eigenvalue weighted by atomic mass is 79.9. The number of carbonyl (C=O) groups is 1. The molecule has 0 saturated carbocycles. The number of aromatic amines is 1. The minimum absolute atomic E-state index is 0.0510. The van der Waals surface area contributed by atoms with Crippen LogP contribution in [0.4, 0.5) is 5.69 Å². The molecular weight excluding hydrogens is 490 g/mol. The Balaban J connectivity index is 1.47. The van der Waals surface area contributed by atoms with Crippen LogP contribution in [-0.2, 0) is 0 Å². The highest BCUT2D eigenvalue weighted by Gasteiger charge is 2.16. The molecule has 1 heterocycles. The summed E-state index contributed by atoms with van der Waals surface area (Å²) in [5.74, 6) is 0.339. The average Bonchev–Trinajstić information content (AvgIpc) is 3.15. The molecule has 1 amide bonds. The summed E-state index contributed by atoms with van der Waals surface area (Å²) in [7, 11) is 0. The number of hydrogen-bond acceptors (Lipinski definition) is 4. The van der Waals surface area contributed by atoms with Gasteiger partial charge in [0.25, 0.3) is 11.6 Å². The number of nitrogens with one attached hydrogen (secondary N) is 2. The Bertz CT molecular complexity index is 1300. The van der Waals surface area contributed by atoms with E-state index >= 15 is 0 Å². The van der Waals surface area contributed by atoms with E-state index in [1.165, 1.54) is 6.07 Å². The summed E-state index contributed by atoms with van der Waals surface area (Å²) >= 11 is 5.14. The molecule has 162 valence electrons. The zero-order chi connectivity index (χ0) is 22.7. The van der Waals surface area contributed by atoms with Crippen molar-refractivity contribution in [1.29, 1.82) is 0 Å². The Kier molecular flexibility index (Phi) is 6.62. The maximum Gasteiger partial charge on any atom is 0.273 e. The first kappa shape index (κ1) is 22.1. The summed E-state index contributed by atoms with van der Waals surface area (Å²) in [6.07, 6.45) is 0. The normalized spacial score (nSPS) is 10.9. The van der Waals surface area contributed by atoms with Gasteiger partial charge < -0.3 is 10.3 Å². The van der Waals surface area contributed by atoms with E-state index in [-0.39, 0.29) is 17.2 Å². The van der Waals surface area contributed by atoms with Gasteiger partial charge in [-0.05, 0) is 36.8 Å². The van der Waals surface area contributed by atoms with Gasteiger partial charge in [0.1, 0.15) is 0 Å². The fourth-order valence-electron chi connectivity index (χ4n) is 3.45. The van der Waals surface area contributed by atoms with E-state index in [9.17, 15) is 14.9 Å². The highest BCUT2D eigenvalue weighted by Crippen LogP contribution is 2.37. The van der Waals surface area contributed by atoms with Crippen LogP contribution >= 0.6 is 27.7 Å². The molecule has 0 radical (unpaired) electrons. The first-order valence-electron chi connectivity index (χ1n) is 9.96. The molecular formula is C24H20BrN3O3S. The lowest BCUT2D eigenvalue weighted by molar-refractivity contribution is -0.385. The summed E-state index contributed by atoms with van der Waals surface area (Å²) in [6.45, 7) is 2.09. The number of benzene rings is 3. The number of nitro groups is 1. The van der Waals surface area contributed by atoms with Gasteiger partial charge in [0.15, 0.2) is 0 Å². The molecule has 4 aromatic rings. The van der Waals surface area contributed by atoms with Crippen molar-refractivity contribution in [2.24, 2.45) is 0 Å². The number of halogens is 1. The van der Waals surface area contributed by atoms with E-state index in [1.54, 1.807) is 30.8 Å². The molecule has 0 unspecified atom stereocenters. The maximum atomic E-state index is 12.5. The first-order chi connectivity index (χ1) is 15.4. The largest absolute Gasteiger partial charge is 0.354 e. The fraction of sp³-hybridized carbons (Fsp3) is 0.125. The Labute approximate surface area is 197 Å². The standard InChI is InChI=1S/C24H20BrN3O3S/c1-15-6-7-17(14-21(15)28(30)31)24(29)26-12-13-32-23-19-4-2-3-5-20(19)27-22(23)16-8-10-18(25)11-9-16/h2-11,14,27H,12-13H2,1H3,(H,26,29). The lowest BCUT2D eigenvalue weighted by Gasteiger charge is -2.08. The van der Waals surface area contributed by atoms with E-state index < -0.39 is 4.92 Å². The van der Waals surface area contributed by atoms with Gasteiger partial charge in [-0.2, -0.15) is 0 Å². The molecule has 0 aliphatic heterocycles. The summed E-state index contributed by atoms with van der Waals surface area (Å²) in [5, 5.41) is 15.1. The summed E-state index contributed by atoms with van der Waals surface area (Å²) in [4.78, 5) is 27.8. The van der Waals surface area contributed by atoms with Gasteiger partial charge in [-0.3, -0.25) is 14.9 Å². The van der Waals surface area contributed by atoms with Crippen LogP contribution in [0.15, 0.2) is 76.1 Å². The SMILES string of the molecule is Cc1ccc(C(=O)NCCSc2c(-c3ccc(Br)cc3)[nH]c3ccccc23)cc1[N+](=O)[O-]. The van der Waals surface area contributed by atoms with E-state index in [2.05, 4.69) is 44.4 Å². The smallest absolute Gasteiger partial charge is 0.273 e. The molecule has 6 nitrogen and oxygen atoms in total. The zero-order valence-corrected chi connectivity index (χ0v) is 19.6. The van der Waals surface area contributed by atoms with E-state index in [1.807, 2.05) is 30.3 Å². The van der Waals surface area contributed by atoms with Crippen LogP contribution in [-0.4, -0.2) is 28.1 Å². The molecule has 1 aromatic heterocycles. The number of rotatable bonds is 7. The van der Waals surface area contributed by atoms with Crippen molar-refractivity contribution < 1.29 is 9.72 Å². The molecule has 0 aliphatic rings. The molecule has 8 heteroatoms. The number of nitro benzene ring substituents is 1. The Morgan fingerprint density at radius 1 is 1.12 bits per heavy atom. The minimum Gasteiger partial charge on any atom is -0.354 e. The van der Waals surface area contributed by atoms with Crippen LogP contribution in [0.25, 0.3) is 22.2 Å². The van der Waals surface area contributed by atoms with Gasteiger partial charge in [0.2, 0.25) is 0 Å². The molecule has 0 atom stereocenters. The van der Waals surface area contributed by atoms with Crippen molar-refractivity contribution >= 4 is 50.2 Å². The molecule has 2 N–H and O–H groups in total. The summed E-state index contributed by atoms with van der Waals surface area (Å²) in [6, 6.07) is 20.8. The highest BCUT2D eigenvalue weighted by molar-refractivity contribution is 9.10. The number of aromatic nitrogens is 1. The molecule has 3 aromatic carbocycles. The van der Waals surface area contributed by atoms with Crippen LogP contribution in [0.2, 0.25) is 0 Å². The van der Waals surface area contributed by atoms with Gasteiger partial charge in [0.05, 0.1) is 10.6 Å². The number of hydrogen-bond donors (Lipinski definition) is 2. The average molecular weight is 510 g/mol. The van der Waals surface area contributed by atoms with Crippen molar-refractivity contribution in [2.45, 2.75) is 11.8 Å². The molecule has 0 fully saturated rings.